The van der Waals surface area contributed by atoms with Gasteiger partial charge in [0.15, 0.2) is 0 Å². The van der Waals surface area contributed by atoms with E-state index in [-0.39, 0.29) is 7.43 Å². The average molecular weight is 216 g/mol. The zero-order valence-corrected chi connectivity index (χ0v) is 7.61. The summed E-state index contributed by atoms with van der Waals surface area (Å²) in [6, 6.07) is 7.85. The third kappa shape index (κ3) is 3.01. The number of carboxylic acid groups (broad SMARTS) is 1. The van der Waals surface area contributed by atoms with Gasteiger partial charge in [-0.15, -0.1) is 11.6 Å². The van der Waals surface area contributed by atoms with E-state index in [0.717, 1.165) is 5.56 Å². The largest absolute Gasteiger partial charge is 0.480 e. The molecule has 3 nitrogen and oxygen atoms in total. The highest BCUT2D eigenvalue weighted by molar-refractivity contribution is 6.22. The molecule has 0 aliphatic carbocycles. The first kappa shape index (κ1) is 12.9. The summed E-state index contributed by atoms with van der Waals surface area (Å²) in [5.41, 5.74) is 6.08. The number of alkyl halides is 1. The summed E-state index contributed by atoms with van der Waals surface area (Å²) in [4.78, 5) is 10.5. The number of hydrogen-bond donors (Lipinski definition) is 2. The first-order valence-electron chi connectivity index (χ1n) is 3.80. The summed E-state index contributed by atoms with van der Waals surface area (Å²) in [6.07, 6.45) is 0. The molecule has 0 radical (unpaired) electrons. The van der Waals surface area contributed by atoms with Crippen LogP contribution in [0.3, 0.4) is 0 Å². The predicted octanol–water partition coefficient (Wildman–Crippen LogP) is 2.01. The second kappa shape index (κ2) is 5.62. The van der Waals surface area contributed by atoms with E-state index in [0.29, 0.717) is 0 Å². The van der Waals surface area contributed by atoms with Crippen LogP contribution in [0.1, 0.15) is 18.4 Å². The van der Waals surface area contributed by atoms with Gasteiger partial charge < -0.3 is 10.8 Å². The van der Waals surface area contributed by atoms with Gasteiger partial charge in [0.1, 0.15) is 6.04 Å². The zero-order valence-electron chi connectivity index (χ0n) is 6.85. The lowest BCUT2D eigenvalue weighted by atomic mass is 10.1. The van der Waals surface area contributed by atoms with Gasteiger partial charge in [-0.25, -0.2) is 0 Å². The van der Waals surface area contributed by atoms with Gasteiger partial charge >= 0.3 is 5.97 Å². The van der Waals surface area contributed by atoms with Gasteiger partial charge in [-0.05, 0) is 5.56 Å². The molecule has 1 unspecified atom stereocenters. The molecule has 2 atom stereocenters. The van der Waals surface area contributed by atoms with E-state index in [4.69, 9.17) is 22.4 Å². The van der Waals surface area contributed by atoms with Crippen LogP contribution >= 0.6 is 11.6 Å². The van der Waals surface area contributed by atoms with Gasteiger partial charge in [-0.3, -0.25) is 4.79 Å². The van der Waals surface area contributed by atoms with Crippen molar-refractivity contribution in [2.45, 2.75) is 18.8 Å². The topological polar surface area (TPSA) is 63.3 Å². The first-order valence-corrected chi connectivity index (χ1v) is 4.24. The van der Waals surface area contributed by atoms with Crippen LogP contribution in [-0.4, -0.2) is 17.1 Å². The van der Waals surface area contributed by atoms with Crippen molar-refractivity contribution in [2.75, 3.05) is 0 Å². The molecule has 0 amide bonds. The Morgan fingerprint density at radius 1 is 1.36 bits per heavy atom. The van der Waals surface area contributed by atoms with Crippen molar-refractivity contribution < 1.29 is 9.90 Å². The second-order valence-corrected chi connectivity index (χ2v) is 3.15. The highest BCUT2D eigenvalue weighted by Crippen LogP contribution is 2.22. The number of rotatable bonds is 3. The van der Waals surface area contributed by atoms with Gasteiger partial charge in [-0.1, -0.05) is 37.8 Å². The molecule has 14 heavy (non-hydrogen) atoms. The predicted molar refractivity (Wildman–Crippen MR) is 57.4 cm³/mol. The van der Waals surface area contributed by atoms with Crippen molar-refractivity contribution in [3.8, 4) is 0 Å². The first-order chi connectivity index (χ1) is 6.13. The summed E-state index contributed by atoms with van der Waals surface area (Å²) in [6.45, 7) is 0. The van der Waals surface area contributed by atoms with Crippen LogP contribution in [0, 0.1) is 0 Å². The Bertz CT molecular complexity index is 289. The third-order valence-corrected chi connectivity index (χ3v) is 2.24. The monoisotopic (exact) mass is 215 g/mol. The van der Waals surface area contributed by atoms with Gasteiger partial charge in [0.25, 0.3) is 0 Å². The Morgan fingerprint density at radius 2 is 1.86 bits per heavy atom. The maximum absolute atomic E-state index is 10.5. The molecule has 0 aliphatic heterocycles. The van der Waals surface area contributed by atoms with Gasteiger partial charge in [-0.2, -0.15) is 0 Å². The Kier molecular flexibility index (Phi) is 5.20. The van der Waals surface area contributed by atoms with E-state index in [2.05, 4.69) is 0 Å². The number of hydrogen-bond acceptors (Lipinski definition) is 2. The maximum Gasteiger partial charge on any atom is 0.322 e. The highest BCUT2D eigenvalue weighted by Gasteiger charge is 2.22. The molecule has 78 valence electrons. The molecular formula is C10H14ClNO2. The summed E-state index contributed by atoms with van der Waals surface area (Å²) in [7, 11) is 0. The van der Waals surface area contributed by atoms with Gasteiger partial charge in [0.05, 0.1) is 5.38 Å². The van der Waals surface area contributed by atoms with E-state index < -0.39 is 17.4 Å². The molecule has 0 aliphatic rings. The number of halogens is 1. The SMILES string of the molecule is C.N[C@H](C(=O)O)C(Cl)c1ccccc1. The van der Waals surface area contributed by atoms with Crippen LogP contribution in [0.5, 0.6) is 0 Å². The van der Waals surface area contributed by atoms with Crippen LogP contribution < -0.4 is 5.73 Å². The fourth-order valence-corrected chi connectivity index (χ4v) is 1.22. The molecule has 1 aromatic rings. The quantitative estimate of drug-likeness (QED) is 0.759. The molecule has 0 fully saturated rings. The van der Waals surface area contributed by atoms with E-state index in [1.165, 1.54) is 0 Å². The lowest BCUT2D eigenvalue weighted by molar-refractivity contribution is -0.138. The third-order valence-electron chi connectivity index (χ3n) is 1.72. The van der Waals surface area contributed by atoms with Gasteiger partial charge in [0.2, 0.25) is 0 Å². The van der Waals surface area contributed by atoms with Crippen molar-refractivity contribution in [3.63, 3.8) is 0 Å². The van der Waals surface area contributed by atoms with Crippen LogP contribution in [0.4, 0.5) is 0 Å². The standard InChI is InChI=1S/C9H10ClNO2.CH4/c10-7(8(11)9(12)13)6-4-2-1-3-5-6;/h1-5,7-8H,11H2,(H,12,13);1H4/t7?,8-;/m0./s1. The van der Waals surface area contributed by atoms with E-state index >= 15 is 0 Å². The lowest BCUT2D eigenvalue weighted by Crippen LogP contribution is -2.34. The Balaban J connectivity index is 0.00000169. The second-order valence-electron chi connectivity index (χ2n) is 2.68. The highest BCUT2D eigenvalue weighted by atomic mass is 35.5. The molecule has 0 saturated heterocycles. The van der Waals surface area contributed by atoms with Crippen molar-refractivity contribution in [1.82, 2.24) is 0 Å². The van der Waals surface area contributed by atoms with Crippen molar-refractivity contribution in [2.24, 2.45) is 5.73 Å². The molecule has 0 aromatic heterocycles. The minimum absolute atomic E-state index is 0. The number of benzene rings is 1. The van der Waals surface area contributed by atoms with Crippen LogP contribution in [0.25, 0.3) is 0 Å². The Labute approximate surface area is 88.5 Å². The molecule has 1 aromatic carbocycles. The molecule has 1 rings (SSSR count). The molecule has 0 heterocycles. The van der Waals surface area contributed by atoms with E-state index in [9.17, 15) is 4.79 Å². The van der Waals surface area contributed by atoms with Crippen molar-refractivity contribution in [3.05, 3.63) is 35.9 Å². The van der Waals surface area contributed by atoms with E-state index in [1.54, 1.807) is 24.3 Å². The minimum Gasteiger partial charge on any atom is -0.480 e. The Morgan fingerprint density at radius 3 is 2.29 bits per heavy atom. The number of aliphatic carboxylic acids is 1. The number of nitrogens with two attached hydrogens (primary N) is 1. The van der Waals surface area contributed by atoms with Crippen molar-refractivity contribution in [1.29, 1.82) is 0 Å². The fourth-order valence-electron chi connectivity index (χ4n) is 0.969. The smallest absolute Gasteiger partial charge is 0.322 e. The summed E-state index contributed by atoms with van der Waals surface area (Å²) >= 11 is 5.85. The minimum atomic E-state index is -1.09. The molecule has 0 bridgehead atoms. The zero-order chi connectivity index (χ0) is 9.84. The Hall–Kier alpha value is -1.06. The average Bonchev–Trinajstić information content (AvgIpc) is 2.17. The lowest BCUT2D eigenvalue weighted by Gasteiger charge is -2.13. The normalized spacial score (nSPS) is 13.9. The maximum atomic E-state index is 10.5. The fraction of sp³-hybridized carbons (Fsp3) is 0.300. The van der Waals surface area contributed by atoms with Crippen molar-refractivity contribution >= 4 is 17.6 Å². The summed E-state index contributed by atoms with van der Waals surface area (Å²) < 4.78 is 0. The van der Waals surface area contributed by atoms with Crippen LogP contribution in [0.15, 0.2) is 30.3 Å². The summed E-state index contributed by atoms with van der Waals surface area (Å²) in [5.74, 6) is -1.09. The van der Waals surface area contributed by atoms with E-state index in [1.807, 2.05) is 6.07 Å². The molecule has 4 heteroatoms. The summed E-state index contributed by atoms with van der Waals surface area (Å²) in [5, 5.41) is 7.92. The van der Waals surface area contributed by atoms with Crippen LogP contribution in [0.2, 0.25) is 0 Å². The number of carbonyl (C=O) groups is 1. The molecule has 0 spiro atoms. The molecule has 3 N–H and O–H groups in total. The molecule has 0 saturated carbocycles. The molecular weight excluding hydrogens is 202 g/mol. The number of carboxylic acids is 1. The van der Waals surface area contributed by atoms with Crippen LogP contribution in [-0.2, 0) is 4.79 Å². The van der Waals surface area contributed by atoms with Gasteiger partial charge in [0, 0.05) is 0 Å².